The molecule has 1 rings (SSSR count). The first-order valence-corrected chi connectivity index (χ1v) is 4.35. The van der Waals surface area contributed by atoms with Gasteiger partial charge in [-0.3, -0.25) is 0 Å². The third-order valence-corrected chi connectivity index (χ3v) is 1.90. The van der Waals surface area contributed by atoms with Crippen LogP contribution in [0.25, 0.3) is 0 Å². The number of halogens is 2. The summed E-state index contributed by atoms with van der Waals surface area (Å²) in [5.41, 5.74) is 0.441. The van der Waals surface area contributed by atoms with Crippen molar-refractivity contribution in [2.75, 3.05) is 5.32 Å². The Balaban J connectivity index is 2.83. The van der Waals surface area contributed by atoms with Gasteiger partial charge in [-0.25, -0.2) is 4.39 Å². The lowest BCUT2D eigenvalue weighted by Crippen LogP contribution is -2.12. The number of hydrogen-bond donors (Lipinski definition) is 1. The van der Waals surface area contributed by atoms with Gasteiger partial charge < -0.3 is 5.32 Å². The Labute approximate surface area is 82.2 Å². The lowest BCUT2D eigenvalue weighted by molar-refractivity contribution is 0.629. The molecule has 1 unspecified atom stereocenters. The van der Waals surface area contributed by atoms with Gasteiger partial charge in [-0.2, -0.15) is 0 Å². The van der Waals surface area contributed by atoms with Crippen molar-refractivity contribution in [1.29, 1.82) is 0 Å². The fourth-order valence-corrected chi connectivity index (χ4v) is 1.07. The number of nitrogens with one attached hydrogen (secondary N) is 1. The number of hydrogen-bond acceptors (Lipinski definition) is 1. The Morgan fingerprint density at radius 2 is 2.31 bits per heavy atom. The summed E-state index contributed by atoms with van der Waals surface area (Å²) in [5, 5.41) is 3.33. The van der Waals surface area contributed by atoms with E-state index in [9.17, 15) is 4.39 Å². The van der Waals surface area contributed by atoms with Gasteiger partial charge in [0.25, 0.3) is 0 Å². The molecular formula is C10H11ClFN. The first-order valence-electron chi connectivity index (χ1n) is 3.97. The van der Waals surface area contributed by atoms with Crippen LogP contribution in [-0.2, 0) is 0 Å². The molecule has 0 spiro atoms. The van der Waals surface area contributed by atoms with Crippen molar-refractivity contribution >= 4 is 17.3 Å². The smallest absolute Gasteiger partial charge is 0.147 e. The van der Waals surface area contributed by atoms with Crippen molar-refractivity contribution in [3.8, 4) is 0 Å². The van der Waals surface area contributed by atoms with Crippen molar-refractivity contribution < 1.29 is 4.39 Å². The Morgan fingerprint density at radius 1 is 1.62 bits per heavy atom. The summed E-state index contributed by atoms with van der Waals surface area (Å²) >= 11 is 5.60. The first-order chi connectivity index (χ1) is 6.13. The standard InChI is InChI=1S/C10H11ClFN/c1-3-7(2)13-10-5-4-8(11)6-9(10)12/h3-7,13H,1H2,2H3. The molecule has 0 aliphatic rings. The molecule has 1 N–H and O–H groups in total. The van der Waals surface area contributed by atoms with E-state index in [-0.39, 0.29) is 11.9 Å². The number of anilines is 1. The predicted molar refractivity (Wildman–Crippen MR) is 54.7 cm³/mol. The molecule has 1 nitrogen and oxygen atoms in total. The Bertz CT molecular complexity index is 312. The molecule has 0 saturated heterocycles. The monoisotopic (exact) mass is 199 g/mol. The Morgan fingerprint density at radius 3 is 2.85 bits per heavy atom. The van der Waals surface area contributed by atoms with Gasteiger partial charge in [0, 0.05) is 11.1 Å². The van der Waals surface area contributed by atoms with Gasteiger partial charge in [0.05, 0.1) is 5.69 Å². The molecule has 0 radical (unpaired) electrons. The minimum absolute atomic E-state index is 0.0377. The second kappa shape index (κ2) is 4.28. The van der Waals surface area contributed by atoms with Gasteiger partial charge in [-0.05, 0) is 25.1 Å². The highest BCUT2D eigenvalue weighted by Crippen LogP contribution is 2.19. The summed E-state index contributed by atoms with van der Waals surface area (Å²) in [5.74, 6) is -0.346. The lowest BCUT2D eigenvalue weighted by Gasteiger charge is -2.11. The van der Waals surface area contributed by atoms with Crippen molar-refractivity contribution in [1.82, 2.24) is 0 Å². The molecule has 1 atom stereocenters. The SMILES string of the molecule is C=CC(C)Nc1ccc(Cl)cc1F. The maximum Gasteiger partial charge on any atom is 0.147 e. The van der Waals surface area contributed by atoms with E-state index >= 15 is 0 Å². The van der Waals surface area contributed by atoms with E-state index in [1.54, 1.807) is 18.2 Å². The van der Waals surface area contributed by atoms with E-state index < -0.39 is 0 Å². The van der Waals surface area contributed by atoms with Crippen molar-refractivity contribution in [3.05, 3.63) is 41.7 Å². The summed E-state index contributed by atoms with van der Waals surface area (Å²) in [6, 6.07) is 4.57. The molecule has 0 aliphatic heterocycles. The fourth-order valence-electron chi connectivity index (χ4n) is 0.911. The van der Waals surface area contributed by atoms with Gasteiger partial charge in [-0.1, -0.05) is 17.7 Å². The summed E-state index contributed by atoms with van der Waals surface area (Å²) in [7, 11) is 0. The third-order valence-electron chi connectivity index (χ3n) is 1.67. The fraction of sp³-hybridized carbons (Fsp3) is 0.200. The summed E-state index contributed by atoms with van der Waals surface area (Å²) in [4.78, 5) is 0. The van der Waals surface area contributed by atoms with Crippen LogP contribution in [0.2, 0.25) is 5.02 Å². The average Bonchev–Trinajstić information content (AvgIpc) is 2.09. The van der Waals surface area contributed by atoms with Crippen LogP contribution >= 0.6 is 11.6 Å². The average molecular weight is 200 g/mol. The first kappa shape index (κ1) is 10.1. The summed E-state index contributed by atoms with van der Waals surface area (Å²) in [6.45, 7) is 5.48. The van der Waals surface area contributed by atoms with Crippen LogP contribution in [0.5, 0.6) is 0 Å². The van der Waals surface area contributed by atoms with E-state index in [0.717, 1.165) is 0 Å². The predicted octanol–water partition coefficient (Wildman–Crippen LogP) is 3.47. The zero-order chi connectivity index (χ0) is 9.84. The highest BCUT2D eigenvalue weighted by molar-refractivity contribution is 6.30. The van der Waals surface area contributed by atoms with E-state index in [0.29, 0.717) is 10.7 Å². The van der Waals surface area contributed by atoms with E-state index in [4.69, 9.17) is 11.6 Å². The largest absolute Gasteiger partial charge is 0.377 e. The molecule has 0 fully saturated rings. The molecule has 70 valence electrons. The van der Waals surface area contributed by atoms with Gasteiger partial charge in [0.2, 0.25) is 0 Å². The Hall–Kier alpha value is -1.02. The molecular weight excluding hydrogens is 189 g/mol. The topological polar surface area (TPSA) is 12.0 Å². The summed E-state index contributed by atoms with van der Waals surface area (Å²) < 4.78 is 13.2. The van der Waals surface area contributed by atoms with Crippen molar-refractivity contribution in [2.45, 2.75) is 13.0 Å². The zero-order valence-corrected chi connectivity index (χ0v) is 8.11. The molecule has 0 aliphatic carbocycles. The Kier molecular flexibility index (Phi) is 3.32. The summed E-state index contributed by atoms with van der Waals surface area (Å²) in [6.07, 6.45) is 1.70. The maximum atomic E-state index is 13.2. The quantitative estimate of drug-likeness (QED) is 0.736. The van der Waals surface area contributed by atoms with E-state index in [1.807, 2.05) is 6.92 Å². The lowest BCUT2D eigenvalue weighted by atomic mass is 10.2. The third kappa shape index (κ3) is 2.74. The van der Waals surface area contributed by atoms with Gasteiger partial charge >= 0.3 is 0 Å². The van der Waals surface area contributed by atoms with Crippen LogP contribution in [0.15, 0.2) is 30.9 Å². The van der Waals surface area contributed by atoms with E-state index in [2.05, 4.69) is 11.9 Å². The number of rotatable bonds is 3. The molecule has 1 aromatic rings. The van der Waals surface area contributed by atoms with Crippen molar-refractivity contribution in [3.63, 3.8) is 0 Å². The van der Waals surface area contributed by atoms with Crippen LogP contribution in [0.1, 0.15) is 6.92 Å². The highest BCUT2D eigenvalue weighted by Gasteiger charge is 2.03. The van der Waals surface area contributed by atoms with Gasteiger partial charge in [0.15, 0.2) is 0 Å². The molecule has 0 saturated carbocycles. The molecule has 3 heteroatoms. The van der Waals surface area contributed by atoms with E-state index in [1.165, 1.54) is 6.07 Å². The molecule has 0 bridgehead atoms. The molecule has 0 aromatic heterocycles. The highest BCUT2D eigenvalue weighted by atomic mass is 35.5. The molecule has 0 heterocycles. The normalized spacial score (nSPS) is 12.2. The number of benzene rings is 1. The molecule has 0 amide bonds. The van der Waals surface area contributed by atoms with Crippen LogP contribution in [0.4, 0.5) is 10.1 Å². The molecule has 13 heavy (non-hydrogen) atoms. The second-order valence-electron chi connectivity index (χ2n) is 2.79. The van der Waals surface area contributed by atoms with Crippen LogP contribution < -0.4 is 5.32 Å². The van der Waals surface area contributed by atoms with Crippen LogP contribution in [0, 0.1) is 5.82 Å². The zero-order valence-electron chi connectivity index (χ0n) is 7.35. The minimum atomic E-state index is -0.346. The molecule has 1 aromatic carbocycles. The van der Waals surface area contributed by atoms with Gasteiger partial charge in [0.1, 0.15) is 5.82 Å². The van der Waals surface area contributed by atoms with Crippen LogP contribution in [-0.4, -0.2) is 6.04 Å². The maximum absolute atomic E-state index is 13.2. The minimum Gasteiger partial charge on any atom is -0.377 e. The van der Waals surface area contributed by atoms with Gasteiger partial charge in [-0.15, -0.1) is 6.58 Å². The van der Waals surface area contributed by atoms with Crippen LogP contribution in [0.3, 0.4) is 0 Å². The second-order valence-corrected chi connectivity index (χ2v) is 3.23. The van der Waals surface area contributed by atoms with Crippen molar-refractivity contribution in [2.24, 2.45) is 0 Å².